The van der Waals surface area contributed by atoms with Gasteiger partial charge in [-0.3, -0.25) is 0 Å². The molecule has 3 aromatic rings. The lowest BCUT2D eigenvalue weighted by molar-refractivity contribution is 0.0171. The average Bonchev–Trinajstić information content (AvgIpc) is 3.35. The van der Waals surface area contributed by atoms with E-state index in [0.717, 1.165) is 18.6 Å². The normalized spacial score (nSPS) is 24.3. The van der Waals surface area contributed by atoms with Crippen molar-refractivity contribution in [3.63, 3.8) is 0 Å². The maximum Gasteiger partial charge on any atom is 0.227 e. The summed E-state index contributed by atoms with van der Waals surface area (Å²) in [5, 5.41) is 24.4. The second-order valence-electron chi connectivity index (χ2n) is 8.85. The van der Waals surface area contributed by atoms with Crippen molar-refractivity contribution >= 4 is 23.7 Å². The van der Waals surface area contributed by atoms with Gasteiger partial charge in [0.15, 0.2) is 0 Å². The van der Waals surface area contributed by atoms with E-state index in [2.05, 4.69) is 56.7 Å². The monoisotopic (exact) mass is 479 g/mol. The number of rotatable bonds is 8. The Kier molecular flexibility index (Phi) is 6.96. The van der Waals surface area contributed by atoms with Crippen LogP contribution in [-0.2, 0) is 29.8 Å². The Labute approximate surface area is 203 Å². The van der Waals surface area contributed by atoms with E-state index in [1.807, 2.05) is 18.2 Å². The second kappa shape index (κ2) is 10.3. The number of nitrogens with two attached hydrogens (primary N) is 1. The Morgan fingerprint density at radius 1 is 0.912 bits per heavy atom. The molecule has 1 fully saturated rings. The number of anilines is 2. The third kappa shape index (κ3) is 5.33. The molecule has 2 aliphatic rings. The summed E-state index contributed by atoms with van der Waals surface area (Å²) >= 11 is 1.67. The lowest BCUT2D eigenvalue weighted by Gasteiger charge is -2.16. The highest BCUT2D eigenvalue weighted by Crippen LogP contribution is 2.28. The van der Waals surface area contributed by atoms with Gasteiger partial charge in [-0.05, 0) is 29.5 Å². The number of benzene rings is 2. The number of aliphatic hydroxyl groups excluding tert-OH is 2. The first kappa shape index (κ1) is 23.0. The molecule has 4 atom stereocenters. The minimum Gasteiger partial charge on any atom is -0.388 e. The molecule has 1 aromatic heterocycles. The van der Waals surface area contributed by atoms with Crippen LogP contribution in [0, 0.1) is 0 Å². The quantitative estimate of drug-likeness (QED) is 0.384. The summed E-state index contributed by atoms with van der Waals surface area (Å²) in [4.78, 5) is 13.0. The van der Waals surface area contributed by atoms with E-state index in [4.69, 9.17) is 10.5 Å². The van der Waals surface area contributed by atoms with Gasteiger partial charge in [0.05, 0.1) is 12.2 Å². The molecule has 5 rings (SSSR count). The van der Waals surface area contributed by atoms with Crippen molar-refractivity contribution in [2.24, 2.45) is 0 Å². The molecule has 0 amide bonds. The van der Waals surface area contributed by atoms with Gasteiger partial charge in [0.1, 0.15) is 18.0 Å². The number of aromatic nitrogens is 3. The molecule has 5 N–H and O–H groups in total. The van der Waals surface area contributed by atoms with Crippen LogP contribution in [0.1, 0.15) is 22.5 Å². The van der Waals surface area contributed by atoms with Crippen molar-refractivity contribution in [2.45, 2.75) is 55.5 Å². The lowest BCUT2D eigenvalue weighted by Crippen LogP contribution is -2.34. The summed E-state index contributed by atoms with van der Waals surface area (Å²) < 4.78 is 6.00. The van der Waals surface area contributed by atoms with Gasteiger partial charge in [-0.15, -0.1) is 0 Å². The van der Waals surface area contributed by atoms with Crippen molar-refractivity contribution < 1.29 is 14.9 Å². The highest BCUT2D eigenvalue weighted by Gasteiger charge is 2.42. The molecule has 1 unspecified atom stereocenters. The Hall–Kier alpha value is -2.72. The van der Waals surface area contributed by atoms with E-state index in [9.17, 15) is 10.2 Å². The van der Waals surface area contributed by atoms with Crippen LogP contribution < -0.4 is 11.1 Å². The Morgan fingerprint density at radius 3 is 2.32 bits per heavy atom. The van der Waals surface area contributed by atoms with Crippen LogP contribution in [0.2, 0.25) is 0 Å². The largest absolute Gasteiger partial charge is 0.388 e. The van der Waals surface area contributed by atoms with Crippen molar-refractivity contribution in [1.82, 2.24) is 15.0 Å². The maximum absolute atomic E-state index is 10.6. The molecule has 0 radical (unpaired) electrons. The molecular formula is C25H29N5O3S. The first-order valence-corrected chi connectivity index (χ1v) is 12.7. The first-order valence-electron chi connectivity index (χ1n) is 11.5. The van der Waals surface area contributed by atoms with Crippen molar-refractivity contribution in [3.05, 3.63) is 77.1 Å². The Morgan fingerprint density at radius 2 is 1.59 bits per heavy atom. The van der Waals surface area contributed by atoms with Gasteiger partial charge in [0, 0.05) is 24.0 Å². The summed E-state index contributed by atoms with van der Waals surface area (Å²) in [5.74, 6) is 2.37. The number of thioether (sulfide) groups is 1. The number of nitrogens with zero attached hydrogens (tertiary/aromatic N) is 3. The van der Waals surface area contributed by atoms with E-state index >= 15 is 0 Å². The number of hydrogen-bond acceptors (Lipinski definition) is 9. The van der Waals surface area contributed by atoms with Crippen molar-refractivity contribution in [1.29, 1.82) is 0 Å². The molecule has 8 nitrogen and oxygen atoms in total. The number of nitrogen functional groups attached to an aromatic ring is 1. The van der Waals surface area contributed by atoms with E-state index in [0.29, 0.717) is 17.5 Å². The molecule has 1 saturated heterocycles. The van der Waals surface area contributed by atoms with Gasteiger partial charge < -0.3 is 26.0 Å². The SMILES string of the molecule is Nc1nc(CC2O[C@H](CSCc3ccccc3)[C@@H](O)[C@H]2O)nc(NC2Cc3ccccc3C2)n1. The van der Waals surface area contributed by atoms with Crippen LogP contribution in [-0.4, -0.2) is 61.4 Å². The average molecular weight is 480 g/mol. The summed E-state index contributed by atoms with van der Waals surface area (Å²) in [6, 6.07) is 18.7. The van der Waals surface area contributed by atoms with E-state index in [1.54, 1.807) is 11.8 Å². The molecule has 0 saturated carbocycles. The minimum atomic E-state index is -1.01. The molecule has 2 aromatic carbocycles. The van der Waals surface area contributed by atoms with Crippen LogP contribution in [0.5, 0.6) is 0 Å². The zero-order valence-corrected chi connectivity index (χ0v) is 19.6. The van der Waals surface area contributed by atoms with Crippen molar-refractivity contribution in [3.8, 4) is 0 Å². The third-order valence-electron chi connectivity index (χ3n) is 6.32. The number of fused-ring (bicyclic) bond motifs is 1. The van der Waals surface area contributed by atoms with Gasteiger partial charge in [-0.2, -0.15) is 26.7 Å². The van der Waals surface area contributed by atoms with Crippen LogP contribution in [0.4, 0.5) is 11.9 Å². The number of ether oxygens (including phenoxy) is 1. The van der Waals surface area contributed by atoms with Crippen LogP contribution in [0.25, 0.3) is 0 Å². The molecule has 2 heterocycles. The fourth-order valence-corrected chi connectivity index (χ4v) is 5.67. The molecule has 1 aliphatic heterocycles. The summed E-state index contributed by atoms with van der Waals surface area (Å²) in [7, 11) is 0. The number of hydrogen-bond donors (Lipinski definition) is 4. The van der Waals surface area contributed by atoms with Crippen LogP contribution in [0.3, 0.4) is 0 Å². The van der Waals surface area contributed by atoms with E-state index in [1.165, 1.54) is 16.7 Å². The Balaban J connectivity index is 1.18. The summed E-state index contributed by atoms with van der Waals surface area (Å²) in [5.41, 5.74) is 9.81. The smallest absolute Gasteiger partial charge is 0.227 e. The summed E-state index contributed by atoms with van der Waals surface area (Å²) in [6.45, 7) is 0. The highest BCUT2D eigenvalue weighted by molar-refractivity contribution is 7.98. The van der Waals surface area contributed by atoms with Gasteiger partial charge in [-0.25, -0.2) is 0 Å². The Bertz CT molecular complexity index is 1090. The maximum atomic E-state index is 10.6. The van der Waals surface area contributed by atoms with Gasteiger partial charge in [0.2, 0.25) is 11.9 Å². The fraction of sp³-hybridized carbons (Fsp3) is 0.400. The molecule has 34 heavy (non-hydrogen) atoms. The zero-order chi connectivity index (χ0) is 23.5. The van der Waals surface area contributed by atoms with Gasteiger partial charge >= 0.3 is 0 Å². The molecule has 178 valence electrons. The predicted molar refractivity (Wildman–Crippen MR) is 132 cm³/mol. The second-order valence-corrected chi connectivity index (χ2v) is 9.88. The third-order valence-corrected chi connectivity index (χ3v) is 7.42. The fourth-order valence-electron chi connectivity index (χ4n) is 4.62. The molecule has 0 bridgehead atoms. The summed E-state index contributed by atoms with van der Waals surface area (Å²) in [6.07, 6.45) is -0.996. The van der Waals surface area contributed by atoms with Crippen LogP contribution in [0.15, 0.2) is 54.6 Å². The predicted octanol–water partition coefficient (Wildman–Crippen LogP) is 2.00. The van der Waals surface area contributed by atoms with Crippen molar-refractivity contribution in [2.75, 3.05) is 16.8 Å². The van der Waals surface area contributed by atoms with Gasteiger partial charge in [0.25, 0.3) is 0 Å². The first-order chi connectivity index (χ1) is 16.5. The minimum absolute atomic E-state index is 0.117. The standard InChI is InChI=1S/C25H29N5O3S/c26-24-28-21(29-25(30-24)27-18-10-16-8-4-5-9-17(16)11-18)12-19-22(31)23(32)20(33-19)14-34-13-15-6-2-1-3-7-15/h1-9,18-20,22-23,31-32H,10-14H2,(H3,26,27,28,29,30)/t19?,20-,22+,23-/m1/s1. The molecule has 0 spiro atoms. The highest BCUT2D eigenvalue weighted by atomic mass is 32.2. The molecule has 9 heteroatoms. The number of nitrogens with one attached hydrogen (secondary N) is 1. The van der Waals surface area contributed by atoms with Gasteiger partial charge in [-0.1, -0.05) is 54.6 Å². The van der Waals surface area contributed by atoms with Crippen LogP contribution >= 0.6 is 11.8 Å². The topological polar surface area (TPSA) is 126 Å². The zero-order valence-electron chi connectivity index (χ0n) is 18.7. The van der Waals surface area contributed by atoms with E-state index < -0.39 is 24.4 Å². The van der Waals surface area contributed by atoms with E-state index in [-0.39, 0.29) is 18.4 Å². The molecular weight excluding hydrogens is 450 g/mol. The lowest BCUT2D eigenvalue weighted by atomic mass is 10.1. The number of aliphatic hydroxyl groups is 2. The molecule has 1 aliphatic carbocycles.